The Morgan fingerprint density at radius 1 is 1.31 bits per heavy atom. The first-order valence-corrected chi connectivity index (χ1v) is 9.43. The van der Waals surface area contributed by atoms with E-state index in [4.69, 9.17) is 9.69 Å². The highest BCUT2D eigenvalue weighted by atomic mass is 79.9. The number of benzene rings is 1. The Kier molecular flexibility index (Phi) is 4.72. The molecule has 1 aromatic rings. The van der Waals surface area contributed by atoms with E-state index in [0.717, 1.165) is 10.0 Å². The average molecular weight is 298 g/mol. The minimum Gasteiger partial charge on any atom is -0.402 e. The summed E-state index contributed by atoms with van der Waals surface area (Å²) in [4.78, 5) is 0. The van der Waals surface area contributed by atoms with Gasteiger partial charge >= 0.3 is 0 Å². The summed E-state index contributed by atoms with van der Waals surface area (Å²) in [5.41, 5.74) is 1.13. The van der Waals surface area contributed by atoms with Crippen LogP contribution >= 0.6 is 15.9 Å². The van der Waals surface area contributed by atoms with Gasteiger partial charge in [-0.3, -0.25) is 0 Å². The Labute approximate surface area is 106 Å². The molecular formula is C12H16BrNOSi. The molecule has 1 unspecified atom stereocenters. The molecule has 0 aromatic heterocycles. The highest BCUT2D eigenvalue weighted by molar-refractivity contribution is 9.10. The zero-order chi connectivity index (χ0) is 12.2. The molecule has 16 heavy (non-hydrogen) atoms. The van der Waals surface area contributed by atoms with Crippen LogP contribution in [-0.2, 0) is 10.8 Å². The van der Waals surface area contributed by atoms with Gasteiger partial charge in [-0.05, 0) is 37.3 Å². The molecule has 1 rings (SSSR count). The van der Waals surface area contributed by atoms with Crippen molar-refractivity contribution in [1.82, 2.24) is 0 Å². The molecule has 0 radical (unpaired) electrons. The molecule has 4 heteroatoms. The molecule has 0 saturated carbocycles. The maximum Gasteiger partial charge on any atom is 0.185 e. The van der Waals surface area contributed by atoms with Crippen LogP contribution in [0.4, 0.5) is 0 Å². The van der Waals surface area contributed by atoms with E-state index in [0.29, 0.717) is 6.42 Å². The van der Waals surface area contributed by atoms with Crippen molar-refractivity contribution < 1.29 is 4.43 Å². The van der Waals surface area contributed by atoms with Crippen molar-refractivity contribution in [2.24, 2.45) is 0 Å². The van der Waals surface area contributed by atoms with Gasteiger partial charge in [0.2, 0.25) is 0 Å². The molecule has 0 aliphatic carbocycles. The molecule has 0 bridgehead atoms. The van der Waals surface area contributed by atoms with E-state index < -0.39 is 8.32 Å². The standard InChI is InChI=1S/C12H16BrNOSi/c1-16(2,3)15-12(9-14)8-10-4-6-11(13)7-5-10/h4-7,12H,8H2,1-3H3. The first-order valence-electron chi connectivity index (χ1n) is 5.22. The first kappa shape index (κ1) is 13.4. The fourth-order valence-electron chi connectivity index (χ4n) is 1.38. The fraction of sp³-hybridized carbons (Fsp3) is 0.417. The molecule has 86 valence electrons. The van der Waals surface area contributed by atoms with Gasteiger partial charge in [0.15, 0.2) is 8.32 Å². The summed E-state index contributed by atoms with van der Waals surface area (Å²) in [5.74, 6) is 0. The summed E-state index contributed by atoms with van der Waals surface area (Å²) in [5, 5.41) is 9.04. The SMILES string of the molecule is C[Si](C)(C)OC(C#N)Cc1ccc(Br)cc1. The predicted molar refractivity (Wildman–Crippen MR) is 71.7 cm³/mol. The molecule has 0 fully saturated rings. The minimum absolute atomic E-state index is 0.326. The molecule has 0 saturated heterocycles. The van der Waals surface area contributed by atoms with Gasteiger partial charge in [0.1, 0.15) is 6.10 Å². The summed E-state index contributed by atoms with van der Waals surface area (Å²) >= 11 is 3.39. The molecular weight excluding hydrogens is 282 g/mol. The van der Waals surface area contributed by atoms with Crippen molar-refractivity contribution in [1.29, 1.82) is 5.26 Å². The van der Waals surface area contributed by atoms with Crippen LogP contribution in [0.2, 0.25) is 19.6 Å². The quantitative estimate of drug-likeness (QED) is 0.793. The number of nitriles is 1. The number of hydrogen-bond acceptors (Lipinski definition) is 2. The van der Waals surface area contributed by atoms with Crippen LogP contribution in [0.3, 0.4) is 0 Å². The number of halogens is 1. The lowest BCUT2D eigenvalue weighted by Crippen LogP contribution is -2.32. The van der Waals surface area contributed by atoms with Crippen molar-refractivity contribution in [3.05, 3.63) is 34.3 Å². The number of nitrogens with zero attached hydrogens (tertiary/aromatic N) is 1. The lowest BCUT2D eigenvalue weighted by atomic mass is 10.1. The third-order valence-corrected chi connectivity index (χ3v) is 3.49. The molecule has 0 amide bonds. The largest absolute Gasteiger partial charge is 0.402 e. The fourth-order valence-corrected chi connectivity index (χ4v) is 2.63. The van der Waals surface area contributed by atoms with E-state index in [-0.39, 0.29) is 6.10 Å². The van der Waals surface area contributed by atoms with E-state index in [9.17, 15) is 0 Å². The predicted octanol–water partition coefficient (Wildman–Crippen LogP) is 3.74. The summed E-state index contributed by atoms with van der Waals surface area (Å²) in [6.07, 6.45) is 0.335. The molecule has 0 N–H and O–H groups in total. The lowest BCUT2D eigenvalue weighted by Gasteiger charge is -2.21. The minimum atomic E-state index is -1.64. The Morgan fingerprint density at radius 3 is 2.31 bits per heavy atom. The second-order valence-corrected chi connectivity index (χ2v) is 10.1. The van der Waals surface area contributed by atoms with Crippen molar-refractivity contribution >= 4 is 24.2 Å². The monoisotopic (exact) mass is 297 g/mol. The van der Waals surface area contributed by atoms with Gasteiger partial charge in [0, 0.05) is 10.9 Å². The maximum absolute atomic E-state index is 9.04. The Bertz CT molecular complexity index is 377. The van der Waals surface area contributed by atoms with Crippen LogP contribution in [0.15, 0.2) is 28.7 Å². The smallest absolute Gasteiger partial charge is 0.185 e. The zero-order valence-corrected chi connectivity index (χ0v) is 12.4. The van der Waals surface area contributed by atoms with E-state index in [1.165, 1.54) is 0 Å². The average Bonchev–Trinajstić information content (AvgIpc) is 2.18. The summed E-state index contributed by atoms with van der Waals surface area (Å²) < 4.78 is 6.84. The normalized spacial score (nSPS) is 13.2. The van der Waals surface area contributed by atoms with Gasteiger partial charge in [-0.25, -0.2) is 0 Å². The molecule has 1 aromatic carbocycles. The van der Waals surface area contributed by atoms with Crippen LogP contribution in [0.5, 0.6) is 0 Å². The second-order valence-electron chi connectivity index (χ2n) is 4.68. The van der Waals surface area contributed by atoms with E-state index >= 15 is 0 Å². The van der Waals surface area contributed by atoms with E-state index in [2.05, 4.69) is 41.6 Å². The zero-order valence-electron chi connectivity index (χ0n) is 9.83. The lowest BCUT2D eigenvalue weighted by molar-refractivity contribution is 0.249. The van der Waals surface area contributed by atoms with Crippen LogP contribution < -0.4 is 0 Å². The van der Waals surface area contributed by atoms with E-state index in [1.807, 2.05) is 24.3 Å². The topological polar surface area (TPSA) is 33.0 Å². The number of hydrogen-bond donors (Lipinski definition) is 0. The summed E-state index contributed by atoms with van der Waals surface area (Å²) in [7, 11) is -1.64. The Hall–Kier alpha value is -0.633. The molecule has 2 nitrogen and oxygen atoms in total. The van der Waals surface area contributed by atoms with E-state index in [1.54, 1.807) is 0 Å². The third kappa shape index (κ3) is 4.93. The summed E-state index contributed by atoms with van der Waals surface area (Å²) in [6.45, 7) is 6.29. The van der Waals surface area contributed by atoms with Crippen LogP contribution in [0.1, 0.15) is 5.56 Å². The molecule has 0 aliphatic heterocycles. The van der Waals surface area contributed by atoms with Gasteiger partial charge in [0.05, 0.1) is 6.07 Å². The molecule has 0 heterocycles. The summed E-state index contributed by atoms with van der Waals surface area (Å²) in [6, 6.07) is 10.2. The van der Waals surface area contributed by atoms with Crippen molar-refractivity contribution in [3.63, 3.8) is 0 Å². The third-order valence-electron chi connectivity index (χ3n) is 1.97. The van der Waals surface area contributed by atoms with Crippen LogP contribution in [-0.4, -0.2) is 14.4 Å². The van der Waals surface area contributed by atoms with Crippen molar-refractivity contribution in [2.75, 3.05) is 0 Å². The highest BCUT2D eigenvalue weighted by Crippen LogP contribution is 2.15. The van der Waals surface area contributed by atoms with Gasteiger partial charge in [-0.2, -0.15) is 5.26 Å². The van der Waals surface area contributed by atoms with Crippen LogP contribution in [0, 0.1) is 11.3 Å². The highest BCUT2D eigenvalue weighted by Gasteiger charge is 2.20. The van der Waals surface area contributed by atoms with Gasteiger partial charge in [-0.15, -0.1) is 0 Å². The van der Waals surface area contributed by atoms with Gasteiger partial charge < -0.3 is 4.43 Å². The molecule has 0 spiro atoms. The van der Waals surface area contributed by atoms with Gasteiger partial charge in [-0.1, -0.05) is 28.1 Å². The molecule has 1 atom stereocenters. The van der Waals surface area contributed by atoms with Gasteiger partial charge in [0.25, 0.3) is 0 Å². The first-order chi connectivity index (χ1) is 7.40. The second kappa shape index (κ2) is 5.62. The Morgan fingerprint density at radius 2 is 1.88 bits per heavy atom. The van der Waals surface area contributed by atoms with Crippen molar-refractivity contribution in [3.8, 4) is 6.07 Å². The van der Waals surface area contributed by atoms with Crippen molar-refractivity contribution in [2.45, 2.75) is 32.2 Å². The molecule has 0 aliphatic rings. The number of rotatable bonds is 4. The Balaban J connectivity index is 2.64. The van der Waals surface area contributed by atoms with Crippen LogP contribution in [0.25, 0.3) is 0 Å². The maximum atomic E-state index is 9.04.